The van der Waals surface area contributed by atoms with E-state index < -0.39 is 47.7 Å². The molecule has 0 aliphatic heterocycles. The van der Waals surface area contributed by atoms with E-state index in [0.29, 0.717) is 10.2 Å². The summed E-state index contributed by atoms with van der Waals surface area (Å²) in [6, 6.07) is 12.6. The van der Waals surface area contributed by atoms with Gasteiger partial charge in [0.25, 0.3) is 5.91 Å². The molecule has 7 nitrogen and oxygen atoms in total. The van der Waals surface area contributed by atoms with Gasteiger partial charge >= 0.3 is 12.1 Å². The number of hydrogen-bond donors (Lipinski definition) is 2. The first-order valence-corrected chi connectivity index (χ1v) is 9.00. The number of amides is 1. The Morgan fingerprint density at radius 2 is 1.71 bits per heavy atom. The summed E-state index contributed by atoms with van der Waals surface area (Å²) >= 11 is 0. The van der Waals surface area contributed by atoms with Crippen LogP contribution >= 0.6 is 0 Å². The minimum absolute atomic E-state index is 0.0743. The lowest BCUT2D eigenvalue weighted by molar-refractivity contribution is -0.143. The van der Waals surface area contributed by atoms with Crippen LogP contribution in [0.25, 0.3) is 5.69 Å². The van der Waals surface area contributed by atoms with E-state index in [-0.39, 0.29) is 12.1 Å². The highest BCUT2D eigenvalue weighted by Gasteiger charge is 2.42. The van der Waals surface area contributed by atoms with Gasteiger partial charge in [0.1, 0.15) is 5.82 Å². The third kappa shape index (κ3) is 5.24. The lowest BCUT2D eigenvalue weighted by Gasteiger charge is -2.14. The van der Waals surface area contributed by atoms with Crippen molar-refractivity contribution in [2.24, 2.45) is 5.92 Å². The van der Waals surface area contributed by atoms with Crippen molar-refractivity contribution in [2.75, 3.05) is 6.54 Å². The van der Waals surface area contributed by atoms with Gasteiger partial charge in [-0.2, -0.15) is 13.2 Å². The fraction of sp³-hybridized carbons (Fsp3) is 0.200. The van der Waals surface area contributed by atoms with Crippen molar-refractivity contribution in [1.82, 2.24) is 20.3 Å². The van der Waals surface area contributed by atoms with Crippen LogP contribution in [0.5, 0.6) is 0 Å². The van der Waals surface area contributed by atoms with Crippen molar-refractivity contribution in [3.63, 3.8) is 0 Å². The fourth-order valence-corrected chi connectivity index (χ4v) is 2.90. The van der Waals surface area contributed by atoms with E-state index in [1.54, 1.807) is 30.3 Å². The molecule has 0 bridgehead atoms. The Labute approximate surface area is 173 Å². The van der Waals surface area contributed by atoms with Crippen LogP contribution in [0.1, 0.15) is 21.7 Å². The monoisotopic (exact) mass is 436 g/mol. The number of aliphatic carboxylic acids is 1. The molecule has 1 heterocycles. The summed E-state index contributed by atoms with van der Waals surface area (Å²) < 4.78 is 54.4. The molecule has 3 rings (SSSR count). The third-order valence-electron chi connectivity index (χ3n) is 4.41. The van der Waals surface area contributed by atoms with E-state index in [1.807, 2.05) is 0 Å². The second-order valence-corrected chi connectivity index (χ2v) is 6.61. The number of carbonyl (C=O) groups excluding carboxylic acids is 1. The molecule has 1 aromatic heterocycles. The highest BCUT2D eigenvalue weighted by molar-refractivity contribution is 5.93. The summed E-state index contributed by atoms with van der Waals surface area (Å²) in [6.45, 7) is -0.413. The maximum Gasteiger partial charge on any atom is 0.435 e. The smallest absolute Gasteiger partial charge is 0.435 e. The molecule has 0 spiro atoms. The number of alkyl halides is 3. The number of benzene rings is 2. The van der Waals surface area contributed by atoms with Gasteiger partial charge in [-0.3, -0.25) is 9.59 Å². The maximum absolute atomic E-state index is 13.6. The molecule has 11 heteroatoms. The first-order chi connectivity index (χ1) is 14.7. The van der Waals surface area contributed by atoms with Crippen molar-refractivity contribution in [1.29, 1.82) is 0 Å². The lowest BCUT2D eigenvalue weighted by Crippen LogP contribution is -2.35. The molecule has 1 amide bonds. The van der Waals surface area contributed by atoms with Crippen LogP contribution < -0.4 is 5.32 Å². The molecule has 162 valence electrons. The molecule has 0 fully saturated rings. The van der Waals surface area contributed by atoms with E-state index >= 15 is 0 Å². The Kier molecular flexibility index (Phi) is 6.33. The first kappa shape index (κ1) is 21.9. The van der Waals surface area contributed by atoms with Crippen molar-refractivity contribution in [3.8, 4) is 5.69 Å². The number of carbonyl (C=O) groups is 2. The van der Waals surface area contributed by atoms with E-state index in [4.69, 9.17) is 0 Å². The highest BCUT2D eigenvalue weighted by atomic mass is 19.4. The number of nitrogens with zero attached hydrogens (tertiary/aromatic N) is 3. The van der Waals surface area contributed by atoms with Crippen molar-refractivity contribution in [2.45, 2.75) is 12.6 Å². The van der Waals surface area contributed by atoms with Gasteiger partial charge in [0.2, 0.25) is 0 Å². The van der Waals surface area contributed by atoms with Crippen LogP contribution in [-0.4, -0.2) is 38.5 Å². The van der Waals surface area contributed by atoms with E-state index in [0.717, 1.165) is 24.3 Å². The summed E-state index contributed by atoms with van der Waals surface area (Å²) in [5, 5.41) is 18.3. The number of nitrogens with one attached hydrogen (secondary N) is 1. The molecule has 2 N–H and O–H groups in total. The van der Waals surface area contributed by atoms with Crippen molar-refractivity contribution in [3.05, 3.63) is 77.4 Å². The topological polar surface area (TPSA) is 97.1 Å². The summed E-state index contributed by atoms with van der Waals surface area (Å²) in [5.74, 6) is -4.16. The van der Waals surface area contributed by atoms with Crippen molar-refractivity contribution >= 4 is 11.9 Å². The minimum Gasteiger partial charge on any atom is -0.481 e. The second kappa shape index (κ2) is 8.94. The first-order valence-electron chi connectivity index (χ1n) is 9.00. The largest absolute Gasteiger partial charge is 0.481 e. The molecular formula is C20H16F4N4O3. The van der Waals surface area contributed by atoms with Gasteiger partial charge in [-0.15, -0.1) is 5.10 Å². The molecule has 0 radical (unpaired) electrons. The Balaban J connectivity index is 1.82. The van der Waals surface area contributed by atoms with Crippen molar-refractivity contribution < 1.29 is 32.3 Å². The average molecular weight is 436 g/mol. The van der Waals surface area contributed by atoms with E-state index in [2.05, 4.69) is 15.6 Å². The summed E-state index contributed by atoms with van der Waals surface area (Å²) in [4.78, 5) is 23.9. The number of hydrogen-bond acceptors (Lipinski definition) is 4. The zero-order valence-corrected chi connectivity index (χ0v) is 15.8. The lowest BCUT2D eigenvalue weighted by atomic mass is 9.99. The summed E-state index contributed by atoms with van der Waals surface area (Å²) in [6.07, 6.45) is -4.92. The minimum atomic E-state index is -5.00. The van der Waals surface area contributed by atoms with Gasteiger partial charge in [0.15, 0.2) is 11.4 Å². The Morgan fingerprint density at radius 3 is 2.29 bits per heavy atom. The van der Waals surface area contributed by atoms with Crippen LogP contribution in [0.2, 0.25) is 0 Å². The molecule has 1 atom stereocenters. The predicted octanol–water partition coefficient (Wildman–Crippen LogP) is 3.10. The Morgan fingerprint density at radius 1 is 1.06 bits per heavy atom. The number of rotatable bonds is 7. The van der Waals surface area contributed by atoms with Gasteiger partial charge in [0.05, 0.1) is 11.6 Å². The molecule has 0 aliphatic rings. The van der Waals surface area contributed by atoms with Crippen LogP contribution in [0.4, 0.5) is 17.6 Å². The molecule has 3 aromatic rings. The zero-order chi connectivity index (χ0) is 22.6. The Bertz CT molecular complexity index is 1070. The molecule has 0 saturated heterocycles. The molecule has 2 aromatic carbocycles. The van der Waals surface area contributed by atoms with Gasteiger partial charge in [-0.25, -0.2) is 9.07 Å². The quantitative estimate of drug-likeness (QED) is 0.555. The van der Waals surface area contributed by atoms with E-state index in [1.165, 1.54) is 0 Å². The molecular weight excluding hydrogens is 420 g/mol. The third-order valence-corrected chi connectivity index (χ3v) is 4.41. The van der Waals surface area contributed by atoms with Gasteiger partial charge < -0.3 is 10.4 Å². The van der Waals surface area contributed by atoms with Crippen LogP contribution in [0, 0.1) is 11.7 Å². The highest BCUT2D eigenvalue weighted by Crippen LogP contribution is 2.32. The summed E-state index contributed by atoms with van der Waals surface area (Å²) in [7, 11) is 0. The maximum atomic E-state index is 13.6. The Hall–Kier alpha value is -3.76. The van der Waals surface area contributed by atoms with Gasteiger partial charge in [-0.05, 0) is 36.2 Å². The number of halogens is 4. The van der Waals surface area contributed by atoms with Gasteiger partial charge in [-0.1, -0.05) is 35.5 Å². The standard InChI is InChI=1S/C20H16F4N4O3/c21-14-6-8-15(9-7-14)28-17(20(22,23)24)16(26-27-28)18(29)25-11-13(19(30)31)10-12-4-2-1-3-5-12/h1-9,13H,10-11H2,(H,25,29)(H,30,31)/t13-/m0/s1. The van der Waals surface area contributed by atoms with Crippen LogP contribution in [0.3, 0.4) is 0 Å². The number of carboxylic acids is 1. The summed E-state index contributed by atoms with van der Waals surface area (Å²) in [5.41, 5.74) is -1.91. The van der Waals surface area contributed by atoms with Crippen LogP contribution in [0.15, 0.2) is 54.6 Å². The predicted molar refractivity (Wildman–Crippen MR) is 99.9 cm³/mol. The molecule has 0 unspecified atom stereocenters. The molecule has 31 heavy (non-hydrogen) atoms. The second-order valence-electron chi connectivity index (χ2n) is 6.61. The average Bonchev–Trinajstić information content (AvgIpc) is 3.18. The fourth-order valence-electron chi connectivity index (χ4n) is 2.90. The number of carboxylic acid groups (broad SMARTS) is 1. The number of aromatic nitrogens is 3. The molecule has 0 saturated carbocycles. The molecule has 0 aliphatic carbocycles. The van der Waals surface area contributed by atoms with Gasteiger partial charge in [0, 0.05) is 6.54 Å². The van der Waals surface area contributed by atoms with Crippen LogP contribution in [-0.2, 0) is 17.4 Å². The zero-order valence-electron chi connectivity index (χ0n) is 15.8. The van der Waals surface area contributed by atoms with E-state index in [9.17, 15) is 32.3 Å². The SMILES string of the molecule is O=C(NC[C@H](Cc1ccccc1)C(=O)O)c1nnn(-c2ccc(F)cc2)c1C(F)(F)F. The normalized spacial score (nSPS) is 12.4.